The molecule has 108 valence electrons. The van der Waals surface area contributed by atoms with Crippen LogP contribution in [0.3, 0.4) is 0 Å². The summed E-state index contributed by atoms with van der Waals surface area (Å²) in [5.41, 5.74) is 0.766. The smallest absolute Gasteiger partial charge is 0.354 e. The zero-order valence-electron chi connectivity index (χ0n) is 11.0. The van der Waals surface area contributed by atoms with Crippen LogP contribution in [0.4, 0.5) is 16.2 Å². The average Bonchev–Trinajstić information content (AvgIpc) is 2.48. The van der Waals surface area contributed by atoms with Gasteiger partial charge in [-0.2, -0.15) is 0 Å². The number of anilines is 2. The standard InChI is InChI=1S/C13H12N4O4/c1-21-11-5-3-9(7-15-11)17-13(20)16-8-2-4-10(12(18)19)14-6-8/h2-7H,1H3,(H,18,19)(H2,16,17,20). The normalized spacial score (nSPS) is 9.76. The summed E-state index contributed by atoms with van der Waals surface area (Å²) >= 11 is 0. The fourth-order valence-electron chi connectivity index (χ4n) is 1.46. The van der Waals surface area contributed by atoms with Crippen LogP contribution >= 0.6 is 0 Å². The average molecular weight is 288 g/mol. The third-order valence-electron chi connectivity index (χ3n) is 2.44. The van der Waals surface area contributed by atoms with Crippen molar-refractivity contribution in [2.45, 2.75) is 0 Å². The Balaban J connectivity index is 1.95. The highest BCUT2D eigenvalue weighted by Crippen LogP contribution is 2.12. The summed E-state index contributed by atoms with van der Waals surface area (Å²) in [6.07, 6.45) is 2.71. The monoisotopic (exact) mass is 288 g/mol. The van der Waals surface area contributed by atoms with Crippen molar-refractivity contribution in [2.24, 2.45) is 0 Å². The van der Waals surface area contributed by atoms with Gasteiger partial charge in [0.1, 0.15) is 5.69 Å². The van der Waals surface area contributed by atoms with Crippen molar-refractivity contribution in [2.75, 3.05) is 17.7 Å². The molecule has 8 heteroatoms. The van der Waals surface area contributed by atoms with Crippen LogP contribution in [0.25, 0.3) is 0 Å². The molecule has 2 aromatic rings. The molecule has 0 saturated carbocycles. The Morgan fingerprint density at radius 1 is 1.05 bits per heavy atom. The summed E-state index contributed by atoms with van der Waals surface area (Å²) in [6.45, 7) is 0. The van der Waals surface area contributed by atoms with Crippen molar-refractivity contribution >= 4 is 23.4 Å². The van der Waals surface area contributed by atoms with Crippen molar-refractivity contribution in [3.63, 3.8) is 0 Å². The first-order chi connectivity index (χ1) is 10.1. The second-order valence-electron chi connectivity index (χ2n) is 3.91. The molecule has 3 N–H and O–H groups in total. The van der Waals surface area contributed by atoms with Gasteiger partial charge >= 0.3 is 12.0 Å². The highest BCUT2D eigenvalue weighted by Gasteiger charge is 2.06. The molecule has 2 amide bonds. The number of methoxy groups -OCH3 is 1. The largest absolute Gasteiger partial charge is 0.481 e. The van der Waals surface area contributed by atoms with Crippen LogP contribution in [-0.2, 0) is 0 Å². The summed E-state index contributed by atoms with van der Waals surface area (Å²) < 4.78 is 4.90. The van der Waals surface area contributed by atoms with Crippen molar-refractivity contribution < 1.29 is 19.4 Å². The highest BCUT2D eigenvalue weighted by molar-refractivity contribution is 5.99. The van der Waals surface area contributed by atoms with E-state index in [0.29, 0.717) is 17.3 Å². The molecule has 0 aromatic carbocycles. The Hall–Kier alpha value is -3.16. The lowest BCUT2D eigenvalue weighted by atomic mass is 10.3. The second-order valence-corrected chi connectivity index (χ2v) is 3.91. The number of hydrogen-bond donors (Lipinski definition) is 3. The third-order valence-corrected chi connectivity index (χ3v) is 2.44. The van der Waals surface area contributed by atoms with E-state index in [4.69, 9.17) is 9.84 Å². The van der Waals surface area contributed by atoms with E-state index >= 15 is 0 Å². The summed E-state index contributed by atoms with van der Waals surface area (Å²) in [5.74, 6) is -0.690. The van der Waals surface area contributed by atoms with E-state index in [-0.39, 0.29) is 5.69 Å². The third kappa shape index (κ3) is 3.90. The number of rotatable bonds is 4. The van der Waals surface area contributed by atoms with E-state index < -0.39 is 12.0 Å². The van der Waals surface area contributed by atoms with Crippen LogP contribution in [0.1, 0.15) is 10.5 Å². The number of nitrogens with zero attached hydrogens (tertiary/aromatic N) is 2. The van der Waals surface area contributed by atoms with Gasteiger partial charge in [0.15, 0.2) is 0 Å². The minimum Gasteiger partial charge on any atom is -0.481 e. The summed E-state index contributed by atoms with van der Waals surface area (Å²) in [7, 11) is 1.50. The molecule has 8 nitrogen and oxygen atoms in total. The number of aromatic carboxylic acids is 1. The lowest BCUT2D eigenvalue weighted by molar-refractivity contribution is 0.0690. The maximum atomic E-state index is 11.7. The summed E-state index contributed by atoms with van der Waals surface area (Å²) in [5, 5.41) is 13.8. The zero-order chi connectivity index (χ0) is 15.2. The van der Waals surface area contributed by atoms with E-state index in [0.717, 1.165) is 0 Å². The molecule has 0 aliphatic heterocycles. The molecular weight excluding hydrogens is 276 g/mol. The minimum atomic E-state index is -1.13. The number of carboxylic acids is 1. The number of urea groups is 1. The second kappa shape index (κ2) is 6.33. The Bertz CT molecular complexity index is 640. The van der Waals surface area contributed by atoms with Crippen LogP contribution in [0.2, 0.25) is 0 Å². The number of hydrogen-bond acceptors (Lipinski definition) is 5. The van der Waals surface area contributed by atoms with Crippen LogP contribution in [0.5, 0.6) is 5.88 Å². The number of pyridine rings is 2. The van der Waals surface area contributed by atoms with E-state index in [9.17, 15) is 9.59 Å². The molecule has 0 spiro atoms. The van der Waals surface area contributed by atoms with E-state index in [2.05, 4.69) is 20.6 Å². The highest BCUT2D eigenvalue weighted by atomic mass is 16.5. The maximum absolute atomic E-state index is 11.7. The molecule has 2 rings (SSSR count). The molecule has 0 aliphatic rings. The molecule has 0 atom stereocenters. The van der Waals surface area contributed by atoms with Gasteiger partial charge in [-0.05, 0) is 18.2 Å². The van der Waals surface area contributed by atoms with Crippen molar-refractivity contribution in [3.8, 4) is 5.88 Å². The molecule has 0 saturated heterocycles. The predicted molar refractivity (Wildman–Crippen MR) is 74.6 cm³/mol. The molecule has 2 aromatic heterocycles. The zero-order valence-corrected chi connectivity index (χ0v) is 11.0. The lowest BCUT2D eigenvalue weighted by Crippen LogP contribution is -2.19. The molecule has 0 bridgehead atoms. The fraction of sp³-hybridized carbons (Fsp3) is 0.0769. The number of carbonyl (C=O) groups excluding carboxylic acids is 1. The number of amides is 2. The quantitative estimate of drug-likeness (QED) is 0.791. The van der Waals surface area contributed by atoms with Crippen molar-refractivity contribution in [3.05, 3.63) is 42.4 Å². The van der Waals surface area contributed by atoms with Gasteiger partial charge in [-0.25, -0.2) is 19.6 Å². The van der Waals surface area contributed by atoms with Crippen LogP contribution in [-0.4, -0.2) is 34.2 Å². The van der Waals surface area contributed by atoms with Gasteiger partial charge in [0.2, 0.25) is 5.88 Å². The van der Waals surface area contributed by atoms with Crippen LogP contribution in [0.15, 0.2) is 36.7 Å². The Morgan fingerprint density at radius 3 is 2.10 bits per heavy atom. The van der Waals surface area contributed by atoms with Gasteiger partial charge in [-0.1, -0.05) is 0 Å². The minimum absolute atomic E-state index is 0.0969. The molecule has 21 heavy (non-hydrogen) atoms. The first kappa shape index (κ1) is 14.3. The number of ether oxygens (including phenoxy) is 1. The van der Waals surface area contributed by atoms with Gasteiger partial charge in [0.25, 0.3) is 0 Å². The molecule has 2 heterocycles. The van der Waals surface area contributed by atoms with Crippen LogP contribution in [0, 0.1) is 0 Å². The molecule has 0 fully saturated rings. The summed E-state index contributed by atoms with van der Waals surface area (Å²) in [4.78, 5) is 30.0. The van der Waals surface area contributed by atoms with Gasteiger partial charge in [0, 0.05) is 6.07 Å². The van der Waals surface area contributed by atoms with Gasteiger partial charge in [0.05, 0.1) is 30.9 Å². The fourth-order valence-corrected chi connectivity index (χ4v) is 1.46. The SMILES string of the molecule is COc1ccc(NC(=O)Nc2ccc(C(=O)O)nc2)cn1. The van der Waals surface area contributed by atoms with Gasteiger partial charge in [-0.15, -0.1) is 0 Å². The Morgan fingerprint density at radius 2 is 1.67 bits per heavy atom. The van der Waals surface area contributed by atoms with Crippen LogP contribution < -0.4 is 15.4 Å². The number of carbonyl (C=O) groups is 2. The summed E-state index contributed by atoms with van der Waals surface area (Å²) in [6, 6.07) is 5.50. The Kier molecular flexibility index (Phi) is 4.30. The van der Waals surface area contributed by atoms with E-state index in [1.165, 1.54) is 31.6 Å². The Labute approximate surface area is 119 Å². The van der Waals surface area contributed by atoms with E-state index in [1.54, 1.807) is 12.1 Å². The first-order valence-corrected chi connectivity index (χ1v) is 5.86. The number of aromatic nitrogens is 2. The molecule has 0 aliphatic carbocycles. The van der Waals surface area contributed by atoms with Crippen molar-refractivity contribution in [1.29, 1.82) is 0 Å². The van der Waals surface area contributed by atoms with Gasteiger partial charge < -0.3 is 20.5 Å². The van der Waals surface area contributed by atoms with Crippen molar-refractivity contribution in [1.82, 2.24) is 9.97 Å². The topological polar surface area (TPSA) is 113 Å². The maximum Gasteiger partial charge on any atom is 0.354 e. The predicted octanol–water partition coefficient (Wildman–Crippen LogP) is 1.83. The molecule has 0 unspecified atom stereocenters. The number of carboxylic acid groups (broad SMARTS) is 1. The number of nitrogens with one attached hydrogen (secondary N) is 2. The van der Waals surface area contributed by atoms with Gasteiger partial charge in [-0.3, -0.25) is 0 Å². The molecule has 0 radical (unpaired) electrons. The van der Waals surface area contributed by atoms with E-state index in [1.807, 2.05) is 0 Å². The molecular formula is C13H12N4O4. The lowest BCUT2D eigenvalue weighted by Gasteiger charge is -2.07. The first-order valence-electron chi connectivity index (χ1n) is 5.86.